The first-order valence-electron chi connectivity index (χ1n) is 10.7. The Morgan fingerprint density at radius 3 is 2.67 bits per heavy atom. The van der Waals surface area contributed by atoms with Crippen LogP contribution in [0, 0.1) is 5.92 Å². The Hall–Kier alpha value is -1.48. The zero-order chi connectivity index (χ0) is 19.8. The maximum Gasteiger partial charge on any atom is 0.132 e. The highest BCUT2D eigenvalue weighted by Gasteiger charge is 2.38. The number of hydrogen-bond donors (Lipinski definition) is 1. The van der Waals surface area contributed by atoms with Crippen molar-refractivity contribution in [3.63, 3.8) is 0 Å². The maximum atomic E-state index is 10.9. The van der Waals surface area contributed by atoms with Gasteiger partial charge in [0, 0.05) is 13.1 Å². The van der Waals surface area contributed by atoms with E-state index < -0.39 is 0 Å². The number of unbranched alkanes of at least 4 members (excludes halogenated alkanes) is 2. The fourth-order valence-electron chi connectivity index (χ4n) is 4.69. The second-order valence-electron chi connectivity index (χ2n) is 9.23. The predicted octanol–water partition coefficient (Wildman–Crippen LogP) is 5.97. The third-order valence-electron chi connectivity index (χ3n) is 6.68. The topological polar surface area (TPSA) is 32.7 Å². The van der Waals surface area contributed by atoms with E-state index in [9.17, 15) is 5.11 Å². The molecule has 0 saturated heterocycles. The number of aromatic hydroxyl groups is 1. The summed E-state index contributed by atoms with van der Waals surface area (Å²) in [5, 5.41) is 10.9. The summed E-state index contributed by atoms with van der Waals surface area (Å²) in [6.07, 6.45) is 6.08. The van der Waals surface area contributed by atoms with Crippen LogP contribution in [0.4, 0.5) is 0 Å². The van der Waals surface area contributed by atoms with Gasteiger partial charge >= 0.3 is 0 Å². The zero-order valence-corrected chi connectivity index (χ0v) is 18.1. The van der Waals surface area contributed by atoms with E-state index in [1.807, 2.05) is 6.07 Å². The van der Waals surface area contributed by atoms with Crippen molar-refractivity contribution < 1.29 is 9.84 Å². The molecule has 0 fully saturated rings. The molecule has 1 N–H and O–H groups in total. The number of phenols is 1. The van der Waals surface area contributed by atoms with Crippen molar-refractivity contribution >= 4 is 5.57 Å². The van der Waals surface area contributed by atoms with E-state index in [1.165, 1.54) is 42.4 Å². The monoisotopic (exact) mass is 371 g/mol. The molecule has 0 spiro atoms. The molecular formula is C24H37NO2. The van der Waals surface area contributed by atoms with Crippen LogP contribution in [0.3, 0.4) is 0 Å². The Bertz CT molecular complexity index is 719. The largest absolute Gasteiger partial charge is 0.507 e. The summed E-state index contributed by atoms with van der Waals surface area (Å²) in [7, 11) is 2.15. The van der Waals surface area contributed by atoms with E-state index in [4.69, 9.17) is 4.74 Å². The van der Waals surface area contributed by atoms with Crippen molar-refractivity contribution in [2.24, 2.45) is 5.92 Å². The molecule has 0 amide bonds. The van der Waals surface area contributed by atoms with Gasteiger partial charge in [0.25, 0.3) is 0 Å². The van der Waals surface area contributed by atoms with Gasteiger partial charge in [0.1, 0.15) is 17.1 Å². The third kappa shape index (κ3) is 4.03. The van der Waals surface area contributed by atoms with Gasteiger partial charge < -0.3 is 14.7 Å². The van der Waals surface area contributed by atoms with Gasteiger partial charge in [-0.15, -0.1) is 0 Å². The number of benzene rings is 1. The van der Waals surface area contributed by atoms with Gasteiger partial charge in [0.15, 0.2) is 0 Å². The average molecular weight is 372 g/mol. The summed E-state index contributed by atoms with van der Waals surface area (Å²) < 4.78 is 6.44. The van der Waals surface area contributed by atoms with Gasteiger partial charge in [0.05, 0.1) is 5.56 Å². The fourth-order valence-corrected chi connectivity index (χ4v) is 4.69. The number of likely N-dealkylation sites (N-methyl/N-ethyl adjacent to an activating group) is 1. The van der Waals surface area contributed by atoms with Gasteiger partial charge in [-0.1, -0.05) is 46.5 Å². The van der Waals surface area contributed by atoms with Crippen LogP contribution in [0.25, 0.3) is 5.57 Å². The van der Waals surface area contributed by atoms with Crippen LogP contribution in [-0.4, -0.2) is 35.7 Å². The van der Waals surface area contributed by atoms with E-state index >= 15 is 0 Å². The van der Waals surface area contributed by atoms with Crippen molar-refractivity contribution in [2.45, 2.75) is 78.2 Å². The summed E-state index contributed by atoms with van der Waals surface area (Å²) in [5.74, 6) is 2.25. The van der Waals surface area contributed by atoms with E-state index in [2.05, 4.69) is 52.6 Å². The molecule has 0 radical (unpaired) electrons. The van der Waals surface area contributed by atoms with E-state index in [1.54, 1.807) is 0 Å². The molecule has 1 aromatic rings. The van der Waals surface area contributed by atoms with Crippen molar-refractivity contribution in [3.8, 4) is 11.5 Å². The standard InChI is InChI=1S/C24H37NO2/c1-7-8-9-10-16(2)17(3)18-13-21(26)23-19-15-25(6)12-11-20(19)24(4,5)27-22(23)14-18/h13-14,16-17,26H,7-12,15H2,1-6H3/t16-,17+/m0/s1. The van der Waals surface area contributed by atoms with Crippen LogP contribution in [0.5, 0.6) is 11.5 Å². The van der Waals surface area contributed by atoms with Crippen LogP contribution >= 0.6 is 0 Å². The molecule has 0 bridgehead atoms. The first-order chi connectivity index (χ1) is 12.7. The summed E-state index contributed by atoms with van der Waals surface area (Å²) in [6.45, 7) is 13.1. The molecule has 0 unspecified atom stereocenters. The summed E-state index contributed by atoms with van der Waals surface area (Å²) in [5.41, 5.74) is 4.43. The van der Waals surface area contributed by atoms with Crippen molar-refractivity contribution in [2.75, 3.05) is 20.1 Å². The smallest absolute Gasteiger partial charge is 0.132 e. The quantitative estimate of drug-likeness (QED) is 0.625. The Morgan fingerprint density at radius 2 is 1.96 bits per heavy atom. The average Bonchev–Trinajstić information content (AvgIpc) is 2.59. The lowest BCUT2D eigenvalue weighted by atomic mass is 9.79. The number of nitrogens with zero attached hydrogens (tertiary/aromatic N) is 1. The molecule has 150 valence electrons. The second kappa shape index (κ2) is 7.87. The predicted molar refractivity (Wildman–Crippen MR) is 114 cm³/mol. The number of ether oxygens (including phenoxy) is 1. The Morgan fingerprint density at radius 1 is 1.22 bits per heavy atom. The highest BCUT2D eigenvalue weighted by Crippen LogP contribution is 2.49. The molecule has 3 rings (SSSR count). The van der Waals surface area contributed by atoms with Crippen molar-refractivity contribution in [1.29, 1.82) is 0 Å². The van der Waals surface area contributed by atoms with E-state index in [-0.39, 0.29) is 5.60 Å². The molecule has 0 aliphatic carbocycles. The lowest BCUT2D eigenvalue weighted by Crippen LogP contribution is -2.41. The van der Waals surface area contributed by atoms with Crippen LogP contribution in [0.1, 0.15) is 83.8 Å². The molecule has 0 saturated carbocycles. The van der Waals surface area contributed by atoms with Crippen molar-refractivity contribution in [1.82, 2.24) is 4.90 Å². The lowest BCUT2D eigenvalue weighted by Gasteiger charge is -2.42. The highest BCUT2D eigenvalue weighted by atomic mass is 16.5. The molecular weight excluding hydrogens is 334 g/mol. The molecule has 3 nitrogen and oxygen atoms in total. The molecule has 3 heteroatoms. The third-order valence-corrected chi connectivity index (χ3v) is 6.68. The SMILES string of the molecule is CCCCC[C@H](C)[C@@H](C)c1cc(O)c2c(c1)OC(C)(C)C1=C2CN(C)CC1. The van der Waals surface area contributed by atoms with E-state index in [0.29, 0.717) is 17.6 Å². The highest BCUT2D eigenvalue weighted by molar-refractivity contribution is 5.82. The Balaban J connectivity index is 1.94. The van der Waals surface area contributed by atoms with Gasteiger partial charge in [-0.05, 0) is 68.0 Å². The number of fused-ring (bicyclic) bond motifs is 2. The van der Waals surface area contributed by atoms with Gasteiger partial charge in [-0.25, -0.2) is 0 Å². The van der Waals surface area contributed by atoms with Gasteiger partial charge in [-0.2, -0.15) is 0 Å². The second-order valence-corrected chi connectivity index (χ2v) is 9.23. The first kappa shape index (κ1) is 20.3. The Labute approximate surface area is 165 Å². The van der Waals surface area contributed by atoms with Crippen molar-refractivity contribution in [3.05, 3.63) is 28.8 Å². The molecule has 2 aliphatic rings. The normalized spacial score (nSPS) is 21.3. The lowest BCUT2D eigenvalue weighted by molar-refractivity contribution is 0.132. The molecule has 1 aromatic carbocycles. The zero-order valence-electron chi connectivity index (χ0n) is 18.1. The minimum Gasteiger partial charge on any atom is -0.507 e. The number of hydrogen-bond acceptors (Lipinski definition) is 3. The number of phenolic OH excluding ortho intramolecular Hbond substituents is 1. The molecule has 2 atom stereocenters. The van der Waals surface area contributed by atoms with Crippen LogP contribution in [-0.2, 0) is 0 Å². The molecule has 2 aliphatic heterocycles. The molecule has 27 heavy (non-hydrogen) atoms. The first-order valence-corrected chi connectivity index (χ1v) is 10.7. The fraction of sp³-hybridized carbons (Fsp3) is 0.667. The minimum absolute atomic E-state index is 0.301. The molecule has 2 heterocycles. The maximum absolute atomic E-state index is 10.9. The number of rotatable bonds is 6. The van der Waals surface area contributed by atoms with Gasteiger partial charge in [0.2, 0.25) is 0 Å². The van der Waals surface area contributed by atoms with Crippen LogP contribution in [0.2, 0.25) is 0 Å². The Kier molecular flexibility index (Phi) is 5.90. The minimum atomic E-state index is -0.301. The summed E-state index contributed by atoms with van der Waals surface area (Å²) in [6, 6.07) is 4.18. The van der Waals surface area contributed by atoms with Crippen LogP contribution < -0.4 is 4.74 Å². The summed E-state index contributed by atoms with van der Waals surface area (Å²) >= 11 is 0. The van der Waals surface area contributed by atoms with E-state index in [0.717, 1.165) is 30.8 Å². The molecule has 0 aromatic heterocycles. The summed E-state index contributed by atoms with van der Waals surface area (Å²) in [4.78, 5) is 2.33. The van der Waals surface area contributed by atoms with Crippen LogP contribution in [0.15, 0.2) is 17.7 Å². The van der Waals surface area contributed by atoms with Gasteiger partial charge in [-0.3, -0.25) is 0 Å².